The Labute approximate surface area is 145 Å². The number of halogens is 3. The van der Waals surface area contributed by atoms with E-state index in [0.717, 1.165) is 31.7 Å². The number of piperazine rings is 1. The zero-order valence-electron chi connectivity index (χ0n) is 14.2. The summed E-state index contributed by atoms with van der Waals surface area (Å²) < 4.78 is 38.4. The number of carbonyl (C=O) groups excluding carboxylic acids is 1. The lowest BCUT2D eigenvalue weighted by Gasteiger charge is -2.38. The van der Waals surface area contributed by atoms with Crippen LogP contribution in [0.4, 0.5) is 13.2 Å². The van der Waals surface area contributed by atoms with Crippen molar-refractivity contribution in [1.82, 2.24) is 9.80 Å². The molecule has 1 aliphatic heterocycles. The van der Waals surface area contributed by atoms with Crippen molar-refractivity contribution >= 4 is 5.91 Å². The Morgan fingerprint density at radius 3 is 2.36 bits per heavy atom. The van der Waals surface area contributed by atoms with E-state index in [0.29, 0.717) is 38.3 Å². The molecule has 1 aromatic rings. The lowest BCUT2D eigenvalue weighted by atomic mass is 9.97. The summed E-state index contributed by atoms with van der Waals surface area (Å²) in [4.78, 5) is 16.5. The molecule has 0 spiro atoms. The molecule has 1 saturated carbocycles. The van der Waals surface area contributed by atoms with Gasteiger partial charge in [-0.15, -0.1) is 0 Å². The molecular weight excluding hydrogens is 331 g/mol. The Bertz CT molecular complexity index is 618. The van der Waals surface area contributed by atoms with Gasteiger partial charge >= 0.3 is 6.18 Å². The van der Waals surface area contributed by atoms with E-state index in [1.165, 1.54) is 12.1 Å². The van der Waals surface area contributed by atoms with Crippen molar-refractivity contribution in [2.24, 2.45) is 5.73 Å². The van der Waals surface area contributed by atoms with E-state index in [-0.39, 0.29) is 5.91 Å². The highest BCUT2D eigenvalue weighted by Crippen LogP contribution is 2.31. The summed E-state index contributed by atoms with van der Waals surface area (Å²) in [6, 6.07) is 5.43. The monoisotopic (exact) mass is 355 g/mol. The summed E-state index contributed by atoms with van der Waals surface area (Å²) in [7, 11) is 0. The highest BCUT2D eigenvalue weighted by molar-refractivity contribution is 5.86. The summed E-state index contributed by atoms with van der Waals surface area (Å²) in [6.07, 6.45) is -0.833. The fourth-order valence-corrected chi connectivity index (χ4v) is 3.75. The molecule has 1 aliphatic carbocycles. The number of nitrogens with zero attached hydrogens (tertiary/aromatic N) is 2. The quantitative estimate of drug-likeness (QED) is 0.907. The first kappa shape index (κ1) is 18.2. The smallest absolute Gasteiger partial charge is 0.339 e. The summed E-state index contributed by atoms with van der Waals surface area (Å²) in [5.74, 6) is 0.0312. The predicted octanol–water partition coefficient (Wildman–Crippen LogP) is 2.62. The van der Waals surface area contributed by atoms with E-state index in [4.69, 9.17) is 5.73 Å². The van der Waals surface area contributed by atoms with Gasteiger partial charge in [0, 0.05) is 32.7 Å². The van der Waals surface area contributed by atoms with Gasteiger partial charge < -0.3 is 10.6 Å². The minimum atomic E-state index is -4.32. The maximum Gasteiger partial charge on any atom is 0.416 e. The van der Waals surface area contributed by atoms with Crippen LogP contribution in [0.2, 0.25) is 0 Å². The number of carbonyl (C=O) groups is 1. The number of nitrogens with two attached hydrogens (primary N) is 1. The van der Waals surface area contributed by atoms with E-state index < -0.39 is 17.3 Å². The summed E-state index contributed by atoms with van der Waals surface area (Å²) in [5.41, 5.74) is 5.55. The van der Waals surface area contributed by atoms with Crippen LogP contribution in [0.25, 0.3) is 0 Å². The summed E-state index contributed by atoms with van der Waals surface area (Å²) >= 11 is 0. The van der Waals surface area contributed by atoms with Crippen LogP contribution >= 0.6 is 0 Å². The first-order valence-electron chi connectivity index (χ1n) is 8.75. The van der Waals surface area contributed by atoms with Gasteiger partial charge in [-0.3, -0.25) is 9.69 Å². The van der Waals surface area contributed by atoms with Gasteiger partial charge in [-0.1, -0.05) is 31.0 Å². The fraction of sp³-hybridized carbons (Fsp3) is 0.611. The second-order valence-corrected chi connectivity index (χ2v) is 7.13. The van der Waals surface area contributed by atoms with Gasteiger partial charge in [0.1, 0.15) is 0 Å². The van der Waals surface area contributed by atoms with Crippen molar-refractivity contribution in [3.63, 3.8) is 0 Å². The second kappa shape index (κ2) is 6.96. The van der Waals surface area contributed by atoms with Crippen molar-refractivity contribution in [1.29, 1.82) is 0 Å². The molecule has 0 bridgehead atoms. The predicted molar refractivity (Wildman–Crippen MR) is 88.7 cm³/mol. The molecule has 138 valence electrons. The summed E-state index contributed by atoms with van der Waals surface area (Å²) in [6.45, 7) is 2.92. The van der Waals surface area contributed by atoms with Crippen LogP contribution in [-0.4, -0.2) is 47.4 Å². The molecule has 0 radical (unpaired) electrons. The standard InChI is InChI=1S/C18H24F3N3O/c19-18(20,21)15-5-3-4-14(12-15)13-23-8-10-24(11-9-23)16(25)17(22)6-1-2-7-17/h3-5,12H,1-2,6-11,13,22H2. The van der Waals surface area contributed by atoms with Gasteiger partial charge in [0.25, 0.3) is 0 Å². The molecule has 2 aliphatic rings. The first-order valence-corrected chi connectivity index (χ1v) is 8.75. The van der Waals surface area contributed by atoms with Gasteiger partial charge in [0.2, 0.25) is 5.91 Å². The van der Waals surface area contributed by atoms with Gasteiger partial charge in [0.05, 0.1) is 11.1 Å². The molecule has 1 aromatic carbocycles. The third kappa shape index (κ3) is 4.15. The maximum absolute atomic E-state index is 12.8. The minimum Gasteiger partial charge on any atom is -0.339 e. The third-order valence-corrected chi connectivity index (χ3v) is 5.24. The van der Waals surface area contributed by atoms with Gasteiger partial charge in [-0.25, -0.2) is 0 Å². The van der Waals surface area contributed by atoms with Crippen molar-refractivity contribution in [2.75, 3.05) is 26.2 Å². The number of amides is 1. The zero-order chi connectivity index (χ0) is 18.1. The van der Waals surface area contributed by atoms with Crippen molar-refractivity contribution in [2.45, 2.75) is 43.9 Å². The molecule has 25 heavy (non-hydrogen) atoms. The molecule has 7 heteroatoms. The molecule has 0 aromatic heterocycles. The van der Waals surface area contributed by atoms with E-state index in [2.05, 4.69) is 4.90 Å². The highest BCUT2D eigenvalue weighted by Gasteiger charge is 2.40. The van der Waals surface area contributed by atoms with Crippen LogP contribution in [0.3, 0.4) is 0 Å². The molecule has 1 heterocycles. The van der Waals surface area contributed by atoms with Crippen LogP contribution in [0, 0.1) is 0 Å². The fourth-order valence-electron chi connectivity index (χ4n) is 3.75. The van der Waals surface area contributed by atoms with Crippen molar-refractivity contribution < 1.29 is 18.0 Å². The number of benzene rings is 1. The molecule has 0 unspecified atom stereocenters. The van der Waals surface area contributed by atoms with Crippen LogP contribution in [0.15, 0.2) is 24.3 Å². The zero-order valence-corrected chi connectivity index (χ0v) is 14.2. The minimum absolute atomic E-state index is 0.0312. The maximum atomic E-state index is 12.8. The Hall–Kier alpha value is -1.60. The van der Waals surface area contributed by atoms with Crippen LogP contribution < -0.4 is 5.73 Å². The van der Waals surface area contributed by atoms with E-state index in [9.17, 15) is 18.0 Å². The lowest BCUT2D eigenvalue weighted by Crippen LogP contribution is -2.58. The number of alkyl halides is 3. The Morgan fingerprint density at radius 1 is 1.12 bits per heavy atom. The molecule has 3 rings (SSSR count). The first-order chi connectivity index (χ1) is 11.8. The largest absolute Gasteiger partial charge is 0.416 e. The third-order valence-electron chi connectivity index (χ3n) is 5.24. The Kier molecular flexibility index (Phi) is 5.06. The Morgan fingerprint density at radius 2 is 1.76 bits per heavy atom. The normalized spacial score (nSPS) is 21.5. The molecular formula is C18H24F3N3O. The van der Waals surface area contributed by atoms with Gasteiger partial charge in [0.15, 0.2) is 0 Å². The molecule has 1 saturated heterocycles. The van der Waals surface area contributed by atoms with Crippen molar-refractivity contribution in [3.8, 4) is 0 Å². The van der Waals surface area contributed by atoms with Crippen LogP contribution in [0.1, 0.15) is 36.8 Å². The lowest BCUT2D eigenvalue weighted by molar-refractivity contribution is -0.139. The van der Waals surface area contributed by atoms with Gasteiger partial charge in [-0.05, 0) is 24.5 Å². The van der Waals surface area contributed by atoms with Crippen LogP contribution in [0.5, 0.6) is 0 Å². The molecule has 4 nitrogen and oxygen atoms in total. The second-order valence-electron chi connectivity index (χ2n) is 7.13. The molecule has 0 atom stereocenters. The average molecular weight is 355 g/mol. The Balaban J connectivity index is 1.55. The van der Waals surface area contributed by atoms with E-state index in [1.54, 1.807) is 6.07 Å². The molecule has 2 N–H and O–H groups in total. The number of rotatable bonds is 3. The van der Waals surface area contributed by atoms with Crippen molar-refractivity contribution in [3.05, 3.63) is 35.4 Å². The number of hydrogen-bond donors (Lipinski definition) is 1. The number of hydrogen-bond acceptors (Lipinski definition) is 3. The van der Waals surface area contributed by atoms with E-state index >= 15 is 0 Å². The van der Waals surface area contributed by atoms with Gasteiger partial charge in [-0.2, -0.15) is 13.2 Å². The highest BCUT2D eigenvalue weighted by atomic mass is 19.4. The van der Waals surface area contributed by atoms with Crippen LogP contribution in [-0.2, 0) is 17.5 Å². The average Bonchev–Trinajstić information content (AvgIpc) is 3.02. The topological polar surface area (TPSA) is 49.6 Å². The molecule has 2 fully saturated rings. The van der Waals surface area contributed by atoms with E-state index in [1.807, 2.05) is 4.90 Å². The SMILES string of the molecule is NC1(C(=O)N2CCN(Cc3cccc(C(F)(F)F)c3)CC2)CCCC1. The summed E-state index contributed by atoms with van der Waals surface area (Å²) in [5, 5.41) is 0. The molecule has 1 amide bonds.